The number of carbonyl (C=O) groups excluding carboxylic acids is 1. The predicted octanol–water partition coefficient (Wildman–Crippen LogP) is 5.83. The predicted molar refractivity (Wildman–Crippen MR) is 140 cm³/mol. The Morgan fingerprint density at radius 2 is 1.72 bits per heavy atom. The molecular weight excluding hydrogens is 466 g/mol. The van der Waals surface area contributed by atoms with Crippen molar-refractivity contribution in [2.75, 3.05) is 24.2 Å². The molecule has 0 aliphatic carbocycles. The van der Waals surface area contributed by atoms with Gasteiger partial charge in [0.05, 0.1) is 17.1 Å². The summed E-state index contributed by atoms with van der Waals surface area (Å²) in [6.07, 6.45) is 3.63. The van der Waals surface area contributed by atoms with Gasteiger partial charge < -0.3 is 21.1 Å². The molecule has 9 heteroatoms. The van der Waals surface area contributed by atoms with Crippen molar-refractivity contribution in [2.45, 2.75) is 39.5 Å². The molecular formula is C27H32F2N4O3. The summed E-state index contributed by atoms with van der Waals surface area (Å²) in [5.41, 5.74) is 2.92. The fraction of sp³-hybridized carbons (Fsp3) is 0.296. The maximum atomic E-state index is 14.3. The highest BCUT2D eigenvalue weighted by Gasteiger charge is 2.13. The lowest BCUT2D eigenvalue weighted by Gasteiger charge is -2.11. The summed E-state index contributed by atoms with van der Waals surface area (Å²) in [5, 5.41) is 17.1. The number of aliphatic carboxylic acids is 1. The SMILES string of the molecule is C=C(Nc1ccc(C(=O)NCCCCCC(=O)O)cc1)/C(C)=N/C=C(\C)c1ccc(NC)c(F)c1F. The van der Waals surface area contributed by atoms with Crippen molar-refractivity contribution in [3.8, 4) is 0 Å². The molecule has 2 aromatic rings. The van der Waals surface area contributed by atoms with Gasteiger partial charge in [-0.2, -0.15) is 0 Å². The second kappa shape index (κ2) is 13.8. The third kappa shape index (κ3) is 8.33. The largest absolute Gasteiger partial charge is 0.481 e. The number of anilines is 2. The minimum atomic E-state index is -0.942. The van der Waals surface area contributed by atoms with Crippen LogP contribution in [0.3, 0.4) is 0 Å². The van der Waals surface area contributed by atoms with Crippen LogP contribution in [0.4, 0.5) is 20.2 Å². The Kier molecular flexibility index (Phi) is 10.8. The highest BCUT2D eigenvalue weighted by Crippen LogP contribution is 2.25. The molecule has 2 aromatic carbocycles. The molecule has 0 aliphatic rings. The van der Waals surface area contributed by atoms with Crippen LogP contribution in [0, 0.1) is 11.6 Å². The van der Waals surface area contributed by atoms with Gasteiger partial charge in [-0.3, -0.25) is 14.6 Å². The molecule has 4 N–H and O–H groups in total. The van der Waals surface area contributed by atoms with Gasteiger partial charge >= 0.3 is 5.97 Å². The molecule has 0 fully saturated rings. The highest BCUT2D eigenvalue weighted by molar-refractivity contribution is 6.01. The number of carbonyl (C=O) groups is 2. The molecule has 0 bridgehead atoms. The first-order valence-corrected chi connectivity index (χ1v) is 11.6. The van der Waals surface area contributed by atoms with Crippen molar-refractivity contribution in [1.29, 1.82) is 0 Å². The molecule has 36 heavy (non-hydrogen) atoms. The second-order valence-corrected chi connectivity index (χ2v) is 8.21. The van der Waals surface area contributed by atoms with Crippen LogP contribution >= 0.6 is 0 Å². The van der Waals surface area contributed by atoms with E-state index in [2.05, 4.69) is 27.5 Å². The molecule has 0 aliphatic heterocycles. The Bertz CT molecular complexity index is 1160. The highest BCUT2D eigenvalue weighted by atomic mass is 19.2. The Morgan fingerprint density at radius 1 is 1.03 bits per heavy atom. The van der Waals surface area contributed by atoms with Crippen molar-refractivity contribution >= 4 is 34.5 Å². The van der Waals surface area contributed by atoms with Crippen molar-refractivity contribution in [3.05, 3.63) is 77.6 Å². The van der Waals surface area contributed by atoms with Crippen LogP contribution in [0.2, 0.25) is 0 Å². The van der Waals surface area contributed by atoms with E-state index in [9.17, 15) is 18.4 Å². The fourth-order valence-corrected chi connectivity index (χ4v) is 3.24. The normalized spacial score (nSPS) is 11.7. The summed E-state index contributed by atoms with van der Waals surface area (Å²) < 4.78 is 28.4. The first-order chi connectivity index (χ1) is 17.1. The van der Waals surface area contributed by atoms with E-state index in [-0.39, 0.29) is 23.6 Å². The van der Waals surface area contributed by atoms with Crippen molar-refractivity contribution < 1.29 is 23.5 Å². The number of benzene rings is 2. The molecule has 0 heterocycles. The number of halogens is 2. The minimum Gasteiger partial charge on any atom is -0.481 e. The third-order valence-corrected chi connectivity index (χ3v) is 5.46. The Morgan fingerprint density at radius 3 is 2.36 bits per heavy atom. The molecule has 0 radical (unpaired) electrons. The topological polar surface area (TPSA) is 103 Å². The number of hydrogen-bond donors (Lipinski definition) is 4. The summed E-state index contributed by atoms with van der Waals surface area (Å²) in [4.78, 5) is 27.1. The van der Waals surface area contributed by atoms with Crippen LogP contribution in [0.15, 0.2) is 59.9 Å². The van der Waals surface area contributed by atoms with Gasteiger partial charge in [-0.1, -0.05) is 13.0 Å². The summed E-state index contributed by atoms with van der Waals surface area (Å²) in [7, 11) is 1.52. The van der Waals surface area contributed by atoms with Gasteiger partial charge in [-0.05, 0) is 68.7 Å². The molecule has 0 unspecified atom stereocenters. The lowest BCUT2D eigenvalue weighted by atomic mass is 10.1. The molecule has 0 spiro atoms. The summed E-state index contributed by atoms with van der Waals surface area (Å²) in [5.74, 6) is -2.90. The Balaban J connectivity index is 1.91. The number of unbranched alkanes of at least 4 members (excludes halogenated alkanes) is 2. The molecule has 0 atom stereocenters. The van der Waals surface area contributed by atoms with E-state index >= 15 is 0 Å². The summed E-state index contributed by atoms with van der Waals surface area (Å²) >= 11 is 0. The van der Waals surface area contributed by atoms with Crippen molar-refractivity contribution in [1.82, 2.24) is 5.32 Å². The van der Waals surface area contributed by atoms with Crippen molar-refractivity contribution in [2.24, 2.45) is 4.99 Å². The molecule has 0 saturated carbocycles. The lowest BCUT2D eigenvalue weighted by Crippen LogP contribution is -2.24. The number of aliphatic imine (C=N–C) groups is 1. The number of carboxylic acids is 1. The first-order valence-electron chi connectivity index (χ1n) is 11.6. The maximum Gasteiger partial charge on any atom is 0.303 e. The molecule has 7 nitrogen and oxygen atoms in total. The van der Waals surface area contributed by atoms with Crippen LogP contribution in [-0.4, -0.2) is 36.3 Å². The van der Waals surface area contributed by atoms with Crippen LogP contribution in [0.1, 0.15) is 55.5 Å². The average Bonchev–Trinajstić information content (AvgIpc) is 2.86. The summed E-state index contributed by atoms with van der Waals surface area (Å²) in [6.45, 7) is 7.82. The second-order valence-electron chi connectivity index (χ2n) is 8.21. The standard InChI is InChI=1S/C27H32F2N4O3/c1-17(22-13-14-23(30-4)26(29)25(22)28)16-32-18(2)19(3)33-21-11-9-20(10-12-21)27(36)31-15-7-5-6-8-24(34)35/h9-14,16,30,33H,3,5-8,15H2,1-2,4H3,(H,31,36)(H,34,35)/b17-16+,32-18+. The van der Waals surface area contributed by atoms with Gasteiger partial charge in [-0.15, -0.1) is 0 Å². The Hall–Kier alpha value is -4.01. The van der Waals surface area contributed by atoms with Gasteiger partial charge in [-0.25, -0.2) is 8.78 Å². The first kappa shape index (κ1) is 28.2. The summed E-state index contributed by atoms with van der Waals surface area (Å²) in [6, 6.07) is 9.79. The number of carboxylic acid groups (broad SMARTS) is 1. The van der Waals surface area contributed by atoms with Gasteiger partial charge in [0.2, 0.25) is 0 Å². The molecule has 2 rings (SSSR count). The Labute approximate surface area is 210 Å². The van der Waals surface area contributed by atoms with E-state index in [1.165, 1.54) is 25.4 Å². The van der Waals surface area contributed by atoms with E-state index in [1.807, 2.05) is 0 Å². The van der Waals surface area contributed by atoms with Gasteiger partial charge in [0.1, 0.15) is 0 Å². The van der Waals surface area contributed by atoms with E-state index in [0.717, 1.165) is 6.42 Å². The molecule has 1 amide bonds. The lowest BCUT2D eigenvalue weighted by molar-refractivity contribution is -0.137. The molecule has 192 valence electrons. The number of nitrogens with one attached hydrogen (secondary N) is 3. The number of amides is 1. The zero-order valence-electron chi connectivity index (χ0n) is 20.8. The zero-order chi connectivity index (χ0) is 26.7. The quantitative estimate of drug-likeness (QED) is 0.206. The van der Waals surface area contributed by atoms with E-state index in [1.54, 1.807) is 38.1 Å². The number of allylic oxidation sites excluding steroid dienone is 2. The molecule has 0 saturated heterocycles. The molecule has 0 aromatic heterocycles. The minimum absolute atomic E-state index is 0.0813. The maximum absolute atomic E-state index is 14.3. The van der Waals surface area contributed by atoms with E-state index in [4.69, 9.17) is 5.11 Å². The van der Waals surface area contributed by atoms with E-state index in [0.29, 0.717) is 47.6 Å². The van der Waals surface area contributed by atoms with Gasteiger partial charge in [0.25, 0.3) is 5.91 Å². The number of rotatable bonds is 13. The van der Waals surface area contributed by atoms with Crippen LogP contribution in [0.5, 0.6) is 0 Å². The number of hydrogen-bond acceptors (Lipinski definition) is 5. The van der Waals surface area contributed by atoms with Gasteiger partial charge in [0.15, 0.2) is 11.6 Å². The number of nitrogens with zero attached hydrogens (tertiary/aromatic N) is 1. The van der Waals surface area contributed by atoms with E-state index < -0.39 is 17.6 Å². The van der Waals surface area contributed by atoms with Crippen LogP contribution in [-0.2, 0) is 4.79 Å². The average molecular weight is 499 g/mol. The van der Waals surface area contributed by atoms with Crippen molar-refractivity contribution in [3.63, 3.8) is 0 Å². The fourth-order valence-electron chi connectivity index (χ4n) is 3.24. The van der Waals surface area contributed by atoms with Crippen LogP contribution < -0.4 is 16.0 Å². The van der Waals surface area contributed by atoms with Crippen LogP contribution in [0.25, 0.3) is 5.57 Å². The van der Waals surface area contributed by atoms with Gasteiger partial charge in [0, 0.05) is 43.0 Å². The third-order valence-electron chi connectivity index (χ3n) is 5.46. The zero-order valence-corrected chi connectivity index (χ0v) is 20.8. The smallest absolute Gasteiger partial charge is 0.303 e. The monoisotopic (exact) mass is 498 g/mol.